The van der Waals surface area contributed by atoms with Crippen molar-refractivity contribution < 1.29 is 8.42 Å². The van der Waals surface area contributed by atoms with E-state index in [1.807, 2.05) is 16.7 Å². The number of hydrogen-bond acceptors (Lipinski definition) is 4. The number of sulfonamides is 1. The molecular weight excluding hydrogens is 360 g/mol. The third-order valence-corrected chi connectivity index (χ3v) is 5.34. The molecule has 1 aromatic carbocycles. The number of nitrogens with one attached hydrogen (secondary N) is 1. The van der Waals surface area contributed by atoms with Crippen molar-refractivity contribution in [1.29, 1.82) is 0 Å². The van der Waals surface area contributed by atoms with Gasteiger partial charge in [-0.15, -0.1) is 0 Å². The van der Waals surface area contributed by atoms with Gasteiger partial charge in [-0.1, -0.05) is 25.4 Å². The zero-order chi connectivity index (χ0) is 18.0. The number of nitrogens with zero attached hydrogens (tertiary/aromatic N) is 3. The van der Waals surface area contributed by atoms with Crippen LogP contribution in [0.3, 0.4) is 0 Å². The Kier molecular flexibility index (Phi) is 5.08. The largest absolute Gasteiger partial charge is 0.311 e. The highest BCUT2D eigenvalue weighted by atomic mass is 35.5. The smallest absolute Gasteiger partial charge is 0.240 e. The van der Waals surface area contributed by atoms with Gasteiger partial charge in [-0.2, -0.15) is 0 Å². The molecule has 0 aliphatic heterocycles. The zero-order valence-corrected chi connectivity index (χ0v) is 15.5. The maximum atomic E-state index is 12.5. The van der Waals surface area contributed by atoms with Crippen LogP contribution in [0, 0.1) is 5.92 Å². The molecule has 0 aliphatic carbocycles. The monoisotopic (exact) mass is 378 g/mol. The number of pyridine rings is 1. The summed E-state index contributed by atoms with van der Waals surface area (Å²) in [6.07, 6.45) is 1.71. The van der Waals surface area contributed by atoms with Crippen LogP contribution in [0.15, 0.2) is 47.5 Å². The molecule has 0 saturated heterocycles. The molecule has 0 radical (unpaired) electrons. The topological polar surface area (TPSA) is 76.9 Å². The lowest BCUT2D eigenvalue weighted by atomic mass is 10.2. The predicted molar refractivity (Wildman–Crippen MR) is 97.8 cm³/mol. The molecule has 3 rings (SSSR count). The average molecular weight is 379 g/mol. The van der Waals surface area contributed by atoms with Crippen molar-refractivity contribution in [3.63, 3.8) is 0 Å². The lowest BCUT2D eigenvalue weighted by Crippen LogP contribution is -2.25. The molecule has 0 bridgehead atoms. The molecule has 0 spiro atoms. The molecule has 132 valence electrons. The second kappa shape index (κ2) is 7.11. The van der Waals surface area contributed by atoms with Crippen molar-refractivity contribution in [2.24, 2.45) is 5.92 Å². The predicted octanol–water partition coefficient (Wildman–Crippen LogP) is 3.22. The van der Waals surface area contributed by atoms with Crippen LogP contribution < -0.4 is 4.72 Å². The van der Waals surface area contributed by atoms with Gasteiger partial charge < -0.3 is 4.57 Å². The summed E-state index contributed by atoms with van der Waals surface area (Å²) in [4.78, 5) is 9.07. The van der Waals surface area contributed by atoms with Crippen LogP contribution in [0.25, 0.3) is 11.2 Å². The van der Waals surface area contributed by atoms with Gasteiger partial charge in [0.15, 0.2) is 5.65 Å². The van der Waals surface area contributed by atoms with Gasteiger partial charge in [0.05, 0.1) is 11.4 Å². The standard InChI is InChI=1S/C17H19ClN4O2S/c1-12(2)11-22-16(21-15-4-3-9-19-17(15)22)10-20-25(23,24)14-7-5-13(18)6-8-14/h3-9,12,20H,10-11H2,1-2H3. The number of halogens is 1. The first-order valence-electron chi connectivity index (χ1n) is 7.92. The molecule has 0 amide bonds. The van der Waals surface area contributed by atoms with E-state index in [0.29, 0.717) is 23.3 Å². The first kappa shape index (κ1) is 17.8. The number of hydrogen-bond donors (Lipinski definition) is 1. The van der Waals surface area contributed by atoms with E-state index in [-0.39, 0.29) is 11.4 Å². The van der Waals surface area contributed by atoms with Crippen LogP contribution in [0.2, 0.25) is 5.02 Å². The van der Waals surface area contributed by atoms with E-state index < -0.39 is 10.0 Å². The normalized spacial score (nSPS) is 12.2. The molecule has 3 aromatic rings. The first-order valence-corrected chi connectivity index (χ1v) is 9.78. The Balaban J connectivity index is 1.88. The number of imidazole rings is 1. The molecule has 0 atom stereocenters. The minimum atomic E-state index is -3.64. The molecule has 0 fully saturated rings. The summed E-state index contributed by atoms with van der Waals surface area (Å²) in [5.74, 6) is 1.02. The van der Waals surface area contributed by atoms with Crippen molar-refractivity contribution in [3.05, 3.63) is 53.4 Å². The fraction of sp³-hybridized carbons (Fsp3) is 0.294. The number of fused-ring (bicyclic) bond motifs is 1. The number of aromatic nitrogens is 3. The summed E-state index contributed by atoms with van der Waals surface area (Å²) < 4.78 is 29.5. The van der Waals surface area contributed by atoms with Crippen LogP contribution in [-0.2, 0) is 23.1 Å². The lowest BCUT2D eigenvalue weighted by Gasteiger charge is -2.12. The lowest BCUT2D eigenvalue weighted by molar-refractivity contribution is 0.510. The Hall–Kier alpha value is -1.96. The molecule has 8 heteroatoms. The van der Waals surface area contributed by atoms with E-state index in [9.17, 15) is 8.42 Å². The molecule has 0 saturated carbocycles. The molecule has 0 aliphatic rings. The minimum Gasteiger partial charge on any atom is -0.311 e. The average Bonchev–Trinajstić information content (AvgIpc) is 2.91. The van der Waals surface area contributed by atoms with E-state index >= 15 is 0 Å². The van der Waals surface area contributed by atoms with Crippen LogP contribution in [0.1, 0.15) is 19.7 Å². The molecular formula is C17H19ClN4O2S. The quantitative estimate of drug-likeness (QED) is 0.714. The van der Waals surface area contributed by atoms with Crippen LogP contribution in [0.5, 0.6) is 0 Å². The van der Waals surface area contributed by atoms with Crippen LogP contribution >= 0.6 is 11.6 Å². The van der Waals surface area contributed by atoms with Gasteiger partial charge in [0.1, 0.15) is 11.3 Å². The second-order valence-electron chi connectivity index (χ2n) is 6.16. The van der Waals surface area contributed by atoms with E-state index in [4.69, 9.17) is 11.6 Å². The molecule has 2 aromatic heterocycles. The Morgan fingerprint density at radius 1 is 1.20 bits per heavy atom. The zero-order valence-electron chi connectivity index (χ0n) is 14.0. The Morgan fingerprint density at radius 2 is 1.92 bits per heavy atom. The van der Waals surface area contributed by atoms with Crippen molar-refractivity contribution in [1.82, 2.24) is 19.3 Å². The summed E-state index contributed by atoms with van der Waals surface area (Å²) in [6, 6.07) is 9.74. The molecule has 6 nitrogen and oxygen atoms in total. The number of rotatable bonds is 6. The molecule has 2 heterocycles. The summed E-state index contributed by atoms with van der Waals surface area (Å²) in [5, 5.41) is 0.490. The summed E-state index contributed by atoms with van der Waals surface area (Å²) in [5.41, 5.74) is 1.51. The maximum absolute atomic E-state index is 12.5. The van der Waals surface area contributed by atoms with Gasteiger partial charge in [-0.25, -0.2) is 23.1 Å². The fourth-order valence-corrected chi connectivity index (χ4v) is 3.66. The van der Waals surface area contributed by atoms with Gasteiger partial charge in [-0.3, -0.25) is 0 Å². The third-order valence-electron chi connectivity index (χ3n) is 3.67. The highest BCUT2D eigenvalue weighted by molar-refractivity contribution is 7.89. The summed E-state index contributed by atoms with van der Waals surface area (Å²) in [6.45, 7) is 4.99. The van der Waals surface area contributed by atoms with Crippen molar-refractivity contribution in [3.8, 4) is 0 Å². The Labute approximate surface area is 151 Å². The van der Waals surface area contributed by atoms with Crippen LogP contribution in [0.4, 0.5) is 0 Å². The third kappa shape index (κ3) is 4.00. The summed E-state index contributed by atoms with van der Waals surface area (Å²) in [7, 11) is -3.64. The Bertz CT molecular complexity index is 982. The van der Waals surface area contributed by atoms with Crippen molar-refractivity contribution in [2.45, 2.75) is 31.8 Å². The Morgan fingerprint density at radius 3 is 2.60 bits per heavy atom. The fourth-order valence-electron chi connectivity index (χ4n) is 2.55. The molecule has 0 unspecified atom stereocenters. The van der Waals surface area contributed by atoms with Crippen molar-refractivity contribution in [2.75, 3.05) is 0 Å². The minimum absolute atomic E-state index is 0.0913. The van der Waals surface area contributed by atoms with Gasteiger partial charge >= 0.3 is 0 Å². The molecule has 25 heavy (non-hydrogen) atoms. The SMILES string of the molecule is CC(C)Cn1c(CNS(=O)(=O)c2ccc(Cl)cc2)nc2cccnc21. The van der Waals surface area contributed by atoms with Gasteiger partial charge in [0.2, 0.25) is 10.0 Å². The molecule has 1 N–H and O–H groups in total. The highest BCUT2D eigenvalue weighted by Gasteiger charge is 2.17. The second-order valence-corrected chi connectivity index (χ2v) is 8.36. The van der Waals surface area contributed by atoms with E-state index in [0.717, 1.165) is 11.2 Å². The first-order chi connectivity index (χ1) is 11.9. The number of benzene rings is 1. The van der Waals surface area contributed by atoms with Gasteiger partial charge in [0.25, 0.3) is 0 Å². The highest BCUT2D eigenvalue weighted by Crippen LogP contribution is 2.17. The van der Waals surface area contributed by atoms with Crippen molar-refractivity contribution >= 4 is 32.8 Å². The van der Waals surface area contributed by atoms with Gasteiger partial charge in [0, 0.05) is 17.8 Å². The van der Waals surface area contributed by atoms with E-state index in [1.165, 1.54) is 12.1 Å². The summed E-state index contributed by atoms with van der Waals surface area (Å²) >= 11 is 5.81. The van der Waals surface area contributed by atoms with Gasteiger partial charge in [-0.05, 0) is 42.3 Å². The van der Waals surface area contributed by atoms with E-state index in [2.05, 4.69) is 28.5 Å². The maximum Gasteiger partial charge on any atom is 0.240 e. The van der Waals surface area contributed by atoms with Crippen LogP contribution in [-0.4, -0.2) is 23.0 Å². The van der Waals surface area contributed by atoms with E-state index in [1.54, 1.807) is 18.3 Å².